The maximum atomic E-state index is 14.0. The summed E-state index contributed by atoms with van der Waals surface area (Å²) in [5, 5.41) is 0.321. The second-order valence-corrected chi connectivity index (χ2v) is 8.88. The summed E-state index contributed by atoms with van der Waals surface area (Å²) < 4.78 is 67.0. The number of rotatable bonds is 5. The molecule has 9 heteroatoms. The van der Waals surface area contributed by atoms with Crippen LogP contribution in [0.2, 0.25) is 5.02 Å². The molecule has 27 heavy (non-hydrogen) atoms. The van der Waals surface area contributed by atoms with Crippen molar-refractivity contribution in [1.82, 2.24) is 9.21 Å². The van der Waals surface area contributed by atoms with Gasteiger partial charge in [0, 0.05) is 43.3 Å². The van der Waals surface area contributed by atoms with E-state index in [2.05, 4.69) is 0 Å². The van der Waals surface area contributed by atoms with Crippen molar-refractivity contribution in [3.63, 3.8) is 0 Å². The Morgan fingerprint density at radius 2 is 1.89 bits per heavy atom. The molecule has 1 aliphatic heterocycles. The summed E-state index contributed by atoms with van der Waals surface area (Å²) in [6, 6.07) is 6.59. The summed E-state index contributed by atoms with van der Waals surface area (Å²) >= 11 is 6.05. The van der Waals surface area contributed by atoms with E-state index in [-0.39, 0.29) is 17.5 Å². The fourth-order valence-electron chi connectivity index (χ4n) is 3.16. The first-order chi connectivity index (χ1) is 12.7. The highest BCUT2D eigenvalue weighted by Crippen LogP contribution is 2.26. The van der Waals surface area contributed by atoms with Crippen LogP contribution < -0.4 is 0 Å². The van der Waals surface area contributed by atoms with Crippen molar-refractivity contribution in [2.45, 2.75) is 23.9 Å². The molecule has 0 amide bonds. The van der Waals surface area contributed by atoms with Gasteiger partial charge in [-0.2, -0.15) is 4.31 Å². The highest BCUT2D eigenvalue weighted by molar-refractivity contribution is 7.89. The molecule has 3 rings (SSSR count). The lowest BCUT2D eigenvalue weighted by Gasteiger charge is -2.24. The van der Waals surface area contributed by atoms with Gasteiger partial charge >= 0.3 is 0 Å². The van der Waals surface area contributed by atoms with Crippen LogP contribution in [0.3, 0.4) is 0 Å². The Morgan fingerprint density at radius 3 is 2.56 bits per heavy atom. The molecule has 2 aromatic carbocycles. The molecule has 1 unspecified atom stereocenters. The SMILES string of the molecule is CN(C1CCN(Cc2c(F)cccc2Cl)C1)S(=O)(=O)c1ccc(F)c(F)c1. The van der Waals surface area contributed by atoms with Gasteiger partial charge < -0.3 is 0 Å². The van der Waals surface area contributed by atoms with E-state index < -0.39 is 27.5 Å². The Hall–Kier alpha value is -1.61. The molecule has 0 aromatic heterocycles. The van der Waals surface area contributed by atoms with Crippen LogP contribution in [0, 0.1) is 17.5 Å². The lowest BCUT2D eigenvalue weighted by Crippen LogP contribution is -2.39. The quantitative estimate of drug-likeness (QED) is 0.744. The van der Waals surface area contributed by atoms with Crippen LogP contribution >= 0.6 is 11.6 Å². The molecular formula is C18H18ClF3N2O2S. The van der Waals surface area contributed by atoms with E-state index >= 15 is 0 Å². The second-order valence-electron chi connectivity index (χ2n) is 6.47. The fraction of sp³-hybridized carbons (Fsp3) is 0.333. The van der Waals surface area contributed by atoms with Crippen molar-refractivity contribution in [2.75, 3.05) is 20.1 Å². The number of hydrogen-bond acceptors (Lipinski definition) is 3. The number of benzene rings is 2. The van der Waals surface area contributed by atoms with Gasteiger partial charge in [0.1, 0.15) is 5.82 Å². The third-order valence-corrected chi connectivity index (χ3v) is 7.03. The molecule has 0 bridgehead atoms. The van der Waals surface area contributed by atoms with Gasteiger partial charge in [-0.3, -0.25) is 4.90 Å². The Labute approximate surface area is 161 Å². The van der Waals surface area contributed by atoms with Crippen molar-refractivity contribution < 1.29 is 21.6 Å². The molecule has 0 spiro atoms. The minimum atomic E-state index is -3.97. The molecule has 146 valence electrons. The smallest absolute Gasteiger partial charge is 0.243 e. The van der Waals surface area contributed by atoms with E-state index in [1.165, 1.54) is 19.2 Å². The first-order valence-corrected chi connectivity index (χ1v) is 10.1. The average molecular weight is 419 g/mol. The molecule has 1 atom stereocenters. The van der Waals surface area contributed by atoms with Crippen LogP contribution in [0.15, 0.2) is 41.3 Å². The molecule has 1 fully saturated rings. The molecule has 1 heterocycles. The van der Waals surface area contributed by atoms with Crippen molar-refractivity contribution in [3.05, 3.63) is 64.4 Å². The van der Waals surface area contributed by atoms with Crippen LogP contribution in [-0.2, 0) is 16.6 Å². The monoisotopic (exact) mass is 418 g/mol. The maximum Gasteiger partial charge on any atom is 0.243 e. The molecule has 1 saturated heterocycles. The van der Waals surface area contributed by atoms with Gasteiger partial charge in [0.15, 0.2) is 11.6 Å². The van der Waals surface area contributed by atoms with Crippen LogP contribution in [0.5, 0.6) is 0 Å². The van der Waals surface area contributed by atoms with E-state index in [9.17, 15) is 21.6 Å². The van der Waals surface area contributed by atoms with Crippen LogP contribution in [0.25, 0.3) is 0 Å². The summed E-state index contributed by atoms with van der Waals surface area (Å²) in [4.78, 5) is 1.60. The summed E-state index contributed by atoms with van der Waals surface area (Å²) in [5.41, 5.74) is 0.367. The predicted molar refractivity (Wildman–Crippen MR) is 96.4 cm³/mol. The molecule has 2 aromatic rings. The van der Waals surface area contributed by atoms with Crippen LogP contribution in [0.4, 0.5) is 13.2 Å². The van der Waals surface area contributed by atoms with Crippen molar-refractivity contribution in [3.8, 4) is 0 Å². The highest BCUT2D eigenvalue weighted by atomic mass is 35.5. The van der Waals surface area contributed by atoms with Crippen molar-refractivity contribution >= 4 is 21.6 Å². The number of hydrogen-bond donors (Lipinski definition) is 0. The number of sulfonamides is 1. The third kappa shape index (κ3) is 4.13. The zero-order chi connectivity index (χ0) is 19.8. The average Bonchev–Trinajstić information content (AvgIpc) is 3.08. The Morgan fingerprint density at radius 1 is 1.15 bits per heavy atom. The van der Waals surface area contributed by atoms with Gasteiger partial charge in [0.2, 0.25) is 10.0 Å². The van der Waals surface area contributed by atoms with Crippen molar-refractivity contribution in [1.29, 1.82) is 0 Å². The van der Waals surface area contributed by atoms with Gasteiger partial charge in [-0.1, -0.05) is 17.7 Å². The van der Waals surface area contributed by atoms with E-state index in [1.54, 1.807) is 6.07 Å². The lowest BCUT2D eigenvalue weighted by atomic mass is 10.2. The molecular weight excluding hydrogens is 401 g/mol. The zero-order valence-electron chi connectivity index (χ0n) is 14.5. The number of halogens is 4. The third-order valence-electron chi connectivity index (χ3n) is 4.77. The van der Waals surface area contributed by atoms with Gasteiger partial charge in [-0.05, 0) is 36.8 Å². The Kier molecular flexibility index (Phi) is 5.81. The predicted octanol–water partition coefficient (Wildman–Crippen LogP) is 3.65. The maximum absolute atomic E-state index is 14.0. The van der Waals surface area contributed by atoms with E-state index in [4.69, 9.17) is 11.6 Å². The Bertz CT molecular complexity index is 935. The topological polar surface area (TPSA) is 40.6 Å². The number of likely N-dealkylation sites (N-methyl/N-ethyl adjacent to an activating group) is 1. The zero-order valence-corrected chi connectivity index (χ0v) is 16.1. The standard InChI is InChI=1S/C18H18ClF3N2O2S/c1-23(27(25,26)13-5-6-17(21)18(22)9-13)12-7-8-24(10-12)11-14-15(19)3-2-4-16(14)20/h2-6,9,12H,7-8,10-11H2,1H3. The molecule has 0 radical (unpaired) electrons. The summed E-state index contributed by atoms with van der Waals surface area (Å²) in [7, 11) is -2.57. The number of nitrogens with zero attached hydrogens (tertiary/aromatic N) is 2. The van der Waals surface area contributed by atoms with Gasteiger partial charge in [-0.15, -0.1) is 0 Å². The molecule has 4 nitrogen and oxygen atoms in total. The summed E-state index contributed by atoms with van der Waals surface area (Å²) in [5.74, 6) is -2.73. The number of likely N-dealkylation sites (tertiary alicyclic amines) is 1. The molecule has 0 saturated carbocycles. The summed E-state index contributed by atoms with van der Waals surface area (Å²) in [6.07, 6.45) is 0.533. The first kappa shape index (κ1) is 20.1. The molecule has 1 aliphatic rings. The minimum absolute atomic E-state index is 0.265. The largest absolute Gasteiger partial charge is 0.297 e. The van der Waals surface area contributed by atoms with E-state index in [1.807, 2.05) is 4.90 Å². The van der Waals surface area contributed by atoms with Gasteiger partial charge in [-0.25, -0.2) is 21.6 Å². The van der Waals surface area contributed by atoms with Crippen LogP contribution in [-0.4, -0.2) is 43.8 Å². The van der Waals surface area contributed by atoms with Crippen LogP contribution in [0.1, 0.15) is 12.0 Å². The molecule has 0 N–H and O–H groups in total. The lowest BCUT2D eigenvalue weighted by molar-refractivity contribution is 0.294. The van der Waals surface area contributed by atoms with Gasteiger partial charge in [0.25, 0.3) is 0 Å². The fourth-order valence-corrected chi connectivity index (χ4v) is 4.77. The van der Waals surface area contributed by atoms with E-state index in [0.29, 0.717) is 36.2 Å². The highest BCUT2D eigenvalue weighted by Gasteiger charge is 2.34. The Balaban J connectivity index is 1.73. The first-order valence-electron chi connectivity index (χ1n) is 8.28. The molecule has 0 aliphatic carbocycles. The van der Waals surface area contributed by atoms with Crippen molar-refractivity contribution in [2.24, 2.45) is 0 Å². The normalized spacial score (nSPS) is 18.4. The van der Waals surface area contributed by atoms with Gasteiger partial charge in [0.05, 0.1) is 4.90 Å². The minimum Gasteiger partial charge on any atom is -0.297 e. The van der Waals surface area contributed by atoms with E-state index in [0.717, 1.165) is 16.4 Å². The second kappa shape index (κ2) is 7.79. The summed E-state index contributed by atoms with van der Waals surface area (Å²) in [6.45, 7) is 1.21.